The summed E-state index contributed by atoms with van der Waals surface area (Å²) < 4.78 is 5.47. The third-order valence-electron chi connectivity index (χ3n) is 1.93. The minimum Gasteiger partial charge on any atom is -0.454 e. The van der Waals surface area contributed by atoms with Crippen LogP contribution in [0, 0.1) is 5.41 Å². The predicted octanol–water partition coefficient (Wildman–Crippen LogP) is 2.21. The third-order valence-corrected chi connectivity index (χ3v) is 2.13. The fraction of sp³-hybridized carbons (Fsp3) is 0. The fourth-order valence-corrected chi connectivity index (χ4v) is 1.35. The van der Waals surface area contributed by atoms with Gasteiger partial charge < -0.3 is 10.5 Å². The number of nitrogens with one attached hydrogen (secondary N) is 1. The Bertz CT molecular complexity index is 541. The Balaban J connectivity index is 2.16. The van der Waals surface area contributed by atoms with Crippen molar-refractivity contribution in [3.8, 4) is 11.5 Å². The van der Waals surface area contributed by atoms with Crippen LogP contribution < -0.4 is 10.5 Å². The highest BCUT2D eigenvalue weighted by Gasteiger charge is 2.01. The molecule has 0 atom stereocenters. The largest absolute Gasteiger partial charge is 0.454 e. The van der Waals surface area contributed by atoms with Crippen molar-refractivity contribution in [3.63, 3.8) is 0 Å². The summed E-state index contributed by atoms with van der Waals surface area (Å²) in [6.45, 7) is 0. The first-order chi connectivity index (χ1) is 8.15. The van der Waals surface area contributed by atoms with E-state index in [-0.39, 0.29) is 5.84 Å². The molecular weight excluding hydrogens is 240 g/mol. The Kier molecular flexibility index (Phi) is 3.20. The lowest BCUT2D eigenvalue weighted by molar-refractivity contribution is 0.478. The highest BCUT2D eigenvalue weighted by atomic mass is 35.5. The van der Waals surface area contributed by atoms with E-state index in [2.05, 4.69) is 9.97 Å². The molecule has 0 aliphatic heterocycles. The molecule has 0 saturated heterocycles. The first kappa shape index (κ1) is 11.3. The average molecular weight is 249 g/mol. The van der Waals surface area contributed by atoms with E-state index in [9.17, 15) is 0 Å². The van der Waals surface area contributed by atoms with Crippen molar-refractivity contribution in [1.29, 1.82) is 5.41 Å². The molecule has 2 aromatic rings. The minimum atomic E-state index is -0.0824. The SMILES string of the molecule is N=C(N)c1ccc(Oc2cncc(Cl)c2)cn1. The molecule has 0 aliphatic carbocycles. The molecule has 6 heteroatoms. The molecule has 0 bridgehead atoms. The summed E-state index contributed by atoms with van der Waals surface area (Å²) in [5, 5.41) is 7.70. The number of nitrogens with zero attached hydrogens (tertiary/aromatic N) is 2. The van der Waals surface area contributed by atoms with Crippen LogP contribution in [0.4, 0.5) is 0 Å². The van der Waals surface area contributed by atoms with E-state index in [1.165, 1.54) is 12.4 Å². The molecule has 0 unspecified atom stereocenters. The number of rotatable bonds is 3. The standard InChI is InChI=1S/C11H9ClN4O/c12-7-3-9(5-15-4-7)17-8-1-2-10(11(13)14)16-6-8/h1-6H,(H3,13,14). The molecule has 17 heavy (non-hydrogen) atoms. The lowest BCUT2D eigenvalue weighted by Crippen LogP contribution is -2.12. The lowest BCUT2D eigenvalue weighted by atomic mass is 10.3. The van der Waals surface area contributed by atoms with Crippen LogP contribution in [0.2, 0.25) is 5.02 Å². The monoisotopic (exact) mass is 248 g/mol. The molecule has 5 nitrogen and oxygen atoms in total. The summed E-state index contributed by atoms with van der Waals surface area (Å²) in [6, 6.07) is 4.92. The maximum Gasteiger partial charge on any atom is 0.147 e. The Hall–Kier alpha value is -2.14. The molecule has 2 aromatic heterocycles. The summed E-state index contributed by atoms with van der Waals surface area (Å²) in [5.74, 6) is 0.968. The number of hydrogen-bond donors (Lipinski definition) is 2. The highest BCUT2D eigenvalue weighted by molar-refractivity contribution is 6.30. The normalized spacial score (nSPS) is 9.94. The molecule has 0 aliphatic rings. The van der Waals surface area contributed by atoms with E-state index in [0.717, 1.165) is 0 Å². The van der Waals surface area contributed by atoms with Gasteiger partial charge >= 0.3 is 0 Å². The molecule has 0 amide bonds. The number of pyridine rings is 2. The molecule has 0 radical (unpaired) electrons. The van der Waals surface area contributed by atoms with Crippen LogP contribution in [0.1, 0.15) is 5.69 Å². The van der Waals surface area contributed by atoms with Crippen molar-refractivity contribution in [2.75, 3.05) is 0 Å². The first-order valence-electron chi connectivity index (χ1n) is 4.74. The van der Waals surface area contributed by atoms with E-state index in [0.29, 0.717) is 22.2 Å². The van der Waals surface area contributed by atoms with Gasteiger partial charge in [-0.05, 0) is 12.1 Å². The number of nitrogens with two attached hydrogens (primary N) is 1. The second-order valence-corrected chi connectivity index (χ2v) is 3.67. The molecule has 0 fully saturated rings. The van der Waals surface area contributed by atoms with Gasteiger partial charge in [0.1, 0.15) is 23.0 Å². The predicted molar refractivity (Wildman–Crippen MR) is 64.6 cm³/mol. The molecule has 0 saturated carbocycles. The second kappa shape index (κ2) is 4.80. The molecule has 3 N–H and O–H groups in total. The van der Waals surface area contributed by atoms with Crippen LogP contribution in [0.3, 0.4) is 0 Å². The van der Waals surface area contributed by atoms with Gasteiger partial charge in [-0.25, -0.2) is 4.98 Å². The molecule has 0 aromatic carbocycles. The van der Waals surface area contributed by atoms with Crippen LogP contribution in [0.5, 0.6) is 11.5 Å². The first-order valence-corrected chi connectivity index (χ1v) is 5.12. The van der Waals surface area contributed by atoms with E-state index in [1.54, 1.807) is 24.4 Å². The lowest BCUT2D eigenvalue weighted by Gasteiger charge is -2.05. The van der Waals surface area contributed by atoms with Crippen molar-refractivity contribution in [1.82, 2.24) is 9.97 Å². The van der Waals surface area contributed by atoms with Gasteiger partial charge in [-0.2, -0.15) is 0 Å². The zero-order valence-electron chi connectivity index (χ0n) is 8.72. The number of halogens is 1. The van der Waals surface area contributed by atoms with Gasteiger partial charge in [0.2, 0.25) is 0 Å². The van der Waals surface area contributed by atoms with E-state index in [1.807, 2.05) is 0 Å². The molecule has 2 heterocycles. The van der Waals surface area contributed by atoms with Gasteiger partial charge in [0, 0.05) is 12.3 Å². The molecular formula is C11H9ClN4O. The number of aromatic nitrogens is 2. The van der Waals surface area contributed by atoms with Crippen molar-refractivity contribution in [3.05, 3.63) is 47.5 Å². The van der Waals surface area contributed by atoms with E-state index < -0.39 is 0 Å². The second-order valence-electron chi connectivity index (χ2n) is 3.23. The maximum atomic E-state index is 7.20. The van der Waals surface area contributed by atoms with Crippen molar-refractivity contribution < 1.29 is 4.74 Å². The number of ether oxygens (including phenoxy) is 1. The van der Waals surface area contributed by atoms with Crippen molar-refractivity contribution in [2.24, 2.45) is 5.73 Å². The van der Waals surface area contributed by atoms with Gasteiger partial charge in [0.15, 0.2) is 0 Å². The van der Waals surface area contributed by atoms with Gasteiger partial charge in [-0.15, -0.1) is 0 Å². The number of hydrogen-bond acceptors (Lipinski definition) is 4. The van der Waals surface area contributed by atoms with Crippen LogP contribution in [-0.2, 0) is 0 Å². The summed E-state index contributed by atoms with van der Waals surface area (Å²) in [4.78, 5) is 7.86. The highest BCUT2D eigenvalue weighted by Crippen LogP contribution is 2.22. The van der Waals surface area contributed by atoms with Crippen LogP contribution in [-0.4, -0.2) is 15.8 Å². The van der Waals surface area contributed by atoms with Gasteiger partial charge in [-0.1, -0.05) is 11.6 Å². The van der Waals surface area contributed by atoms with Gasteiger partial charge in [0.05, 0.1) is 17.4 Å². The van der Waals surface area contributed by atoms with Crippen molar-refractivity contribution >= 4 is 17.4 Å². The Labute approximate surface area is 103 Å². The van der Waals surface area contributed by atoms with E-state index >= 15 is 0 Å². The zero-order valence-corrected chi connectivity index (χ0v) is 9.48. The zero-order chi connectivity index (χ0) is 12.3. The van der Waals surface area contributed by atoms with Crippen molar-refractivity contribution in [2.45, 2.75) is 0 Å². The molecule has 2 rings (SSSR count). The van der Waals surface area contributed by atoms with Gasteiger partial charge in [-0.3, -0.25) is 10.4 Å². The molecule has 0 spiro atoms. The van der Waals surface area contributed by atoms with Crippen LogP contribution >= 0.6 is 11.6 Å². The minimum absolute atomic E-state index is 0.0824. The van der Waals surface area contributed by atoms with E-state index in [4.69, 9.17) is 27.5 Å². The third kappa shape index (κ3) is 2.92. The van der Waals surface area contributed by atoms with Gasteiger partial charge in [0.25, 0.3) is 0 Å². The van der Waals surface area contributed by atoms with Crippen LogP contribution in [0.15, 0.2) is 36.8 Å². The molecule has 86 valence electrons. The quantitative estimate of drug-likeness (QED) is 0.644. The summed E-state index contributed by atoms with van der Waals surface area (Å²) in [6.07, 6.45) is 4.55. The fourth-order valence-electron chi connectivity index (χ4n) is 1.18. The topological polar surface area (TPSA) is 84.9 Å². The number of amidine groups is 1. The smallest absolute Gasteiger partial charge is 0.147 e. The Morgan fingerprint density at radius 3 is 2.65 bits per heavy atom. The Morgan fingerprint density at radius 2 is 2.06 bits per heavy atom. The summed E-state index contributed by atoms with van der Waals surface area (Å²) in [5.41, 5.74) is 5.69. The number of nitrogen functional groups attached to an aromatic ring is 1. The maximum absolute atomic E-state index is 7.20. The average Bonchev–Trinajstić information content (AvgIpc) is 2.29. The summed E-state index contributed by atoms with van der Waals surface area (Å²) >= 11 is 5.78. The van der Waals surface area contributed by atoms with Crippen LogP contribution in [0.25, 0.3) is 0 Å². The Morgan fingerprint density at radius 1 is 1.24 bits per heavy atom. The summed E-state index contributed by atoms with van der Waals surface area (Å²) in [7, 11) is 0.